The first kappa shape index (κ1) is 15.7. The van der Waals surface area contributed by atoms with Crippen LogP contribution in [0.5, 0.6) is 0 Å². The fourth-order valence-corrected chi connectivity index (χ4v) is 2.00. The molecule has 1 aromatic heterocycles. The van der Waals surface area contributed by atoms with Gasteiger partial charge < -0.3 is 4.48 Å². The highest BCUT2D eigenvalue weighted by atomic mass is 19.1. The van der Waals surface area contributed by atoms with Gasteiger partial charge in [-0.2, -0.15) is 0 Å². The minimum Gasteiger partial charge on any atom is -0.420 e. The summed E-state index contributed by atoms with van der Waals surface area (Å²) in [6.07, 6.45) is 3.45. The first-order valence-electron chi connectivity index (χ1n) is 7.05. The lowest BCUT2D eigenvalue weighted by Crippen LogP contribution is -2.41. The highest BCUT2D eigenvalue weighted by Crippen LogP contribution is 2.11. The zero-order valence-corrected chi connectivity index (χ0v) is 12.4. The van der Waals surface area contributed by atoms with Gasteiger partial charge in [-0.1, -0.05) is 18.1 Å². The van der Waals surface area contributed by atoms with E-state index < -0.39 is 7.41 Å². The van der Waals surface area contributed by atoms with Crippen LogP contribution in [0, 0.1) is 17.0 Å². The van der Waals surface area contributed by atoms with Crippen LogP contribution in [-0.2, 0) is 0 Å². The second kappa shape index (κ2) is 7.34. The normalized spacial score (nSPS) is 11.5. The van der Waals surface area contributed by atoms with Crippen molar-refractivity contribution in [2.75, 3.05) is 0 Å². The third-order valence-electron chi connectivity index (χ3n) is 3.37. The molecular formula is C15H16BFN4O. The summed E-state index contributed by atoms with van der Waals surface area (Å²) in [5.41, 5.74) is 6.87. The maximum Gasteiger partial charge on any atom is 0.349 e. The molecule has 0 aliphatic carbocycles. The molecule has 112 valence electrons. The smallest absolute Gasteiger partial charge is 0.349 e. The predicted octanol–water partition coefficient (Wildman–Crippen LogP) is 0.522. The topological polar surface area (TPSA) is 68.8 Å². The number of nitriles is 1. The van der Waals surface area contributed by atoms with Crippen molar-refractivity contribution in [3.63, 3.8) is 0 Å². The highest BCUT2D eigenvalue weighted by Gasteiger charge is 2.09. The van der Waals surface area contributed by atoms with Gasteiger partial charge in [0.1, 0.15) is 18.2 Å². The fraction of sp³-hybridized carbons (Fsp3) is 0.133. The number of pyridine rings is 1. The molecule has 7 heteroatoms. The Hall–Kier alpha value is -2.72. The molecule has 0 bridgehead atoms. The van der Waals surface area contributed by atoms with Crippen LogP contribution >= 0.6 is 0 Å². The van der Waals surface area contributed by atoms with E-state index in [1.807, 2.05) is 6.92 Å². The van der Waals surface area contributed by atoms with Gasteiger partial charge in [0.05, 0.1) is 5.56 Å². The molecule has 1 atom stereocenters. The van der Waals surface area contributed by atoms with E-state index in [1.54, 1.807) is 41.1 Å². The van der Waals surface area contributed by atoms with E-state index in [0.717, 1.165) is 5.56 Å². The molecule has 22 heavy (non-hydrogen) atoms. The van der Waals surface area contributed by atoms with Crippen molar-refractivity contribution < 1.29 is 13.7 Å². The van der Waals surface area contributed by atoms with Crippen molar-refractivity contribution in [1.29, 1.82) is 5.26 Å². The van der Waals surface area contributed by atoms with Crippen molar-refractivity contribution in [1.82, 2.24) is 10.9 Å². The average Bonchev–Trinajstić information content (AvgIpc) is 2.54. The summed E-state index contributed by atoms with van der Waals surface area (Å²) >= 11 is 0. The minimum absolute atomic E-state index is 0.150. The zero-order chi connectivity index (χ0) is 15.9. The van der Waals surface area contributed by atoms with Crippen molar-refractivity contribution in [3.05, 3.63) is 65.7 Å². The Morgan fingerprint density at radius 1 is 1.27 bits per heavy atom. The zero-order valence-electron chi connectivity index (χ0n) is 12.4. The van der Waals surface area contributed by atoms with Gasteiger partial charge in [0, 0.05) is 18.2 Å². The first-order valence-corrected chi connectivity index (χ1v) is 7.05. The summed E-state index contributed by atoms with van der Waals surface area (Å²) in [6, 6.07) is 9.27. The number of nitrogens with one attached hydrogen (secondary N) is 2. The molecule has 1 heterocycles. The number of aromatic nitrogens is 1. The molecule has 2 aromatic rings. The van der Waals surface area contributed by atoms with E-state index in [1.165, 1.54) is 12.1 Å². The number of rotatable bonds is 5. The molecule has 0 saturated carbocycles. The van der Waals surface area contributed by atoms with E-state index in [-0.39, 0.29) is 17.8 Å². The monoisotopic (exact) mass is 298 g/mol. The Kier molecular flexibility index (Phi) is 5.23. The van der Waals surface area contributed by atoms with Gasteiger partial charge in [-0.25, -0.2) is 15.1 Å². The van der Waals surface area contributed by atoms with Gasteiger partial charge in [-0.15, -0.1) is 0 Å². The fourth-order valence-electron chi connectivity index (χ4n) is 2.00. The van der Waals surface area contributed by atoms with Crippen LogP contribution in [0.15, 0.2) is 48.8 Å². The second-order valence-corrected chi connectivity index (χ2v) is 5.07. The largest absolute Gasteiger partial charge is 0.420 e. The van der Waals surface area contributed by atoms with Crippen molar-refractivity contribution in [2.45, 2.75) is 13.0 Å². The number of hydrogen-bond donors (Lipinski definition) is 2. The van der Waals surface area contributed by atoms with Crippen LogP contribution in [0.4, 0.5) is 4.39 Å². The molecule has 0 aliphatic heterocycles. The molecule has 0 fully saturated rings. The Balaban J connectivity index is 1.91. The Morgan fingerprint density at radius 3 is 2.50 bits per heavy atom. The lowest BCUT2D eigenvalue weighted by atomic mass is 9.98. The van der Waals surface area contributed by atoms with Crippen LogP contribution in [-0.4, -0.2) is 13.3 Å². The van der Waals surface area contributed by atoms with E-state index in [4.69, 9.17) is 5.26 Å². The number of carbonyl (C=O) groups excluding carboxylic acids is 1. The number of carbonyl (C=O) groups is 1. The van der Waals surface area contributed by atoms with Gasteiger partial charge in [0.2, 0.25) is 0 Å². The van der Waals surface area contributed by atoms with Crippen LogP contribution < -0.4 is 15.3 Å². The van der Waals surface area contributed by atoms with Crippen molar-refractivity contribution >= 4 is 13.3 Å². The van der Waals surface area contributed by atoms with Crippen LogP contribution in [0.2, 0.25) is 0 Å². The molecule has 1 aromatic carbocycles. The van der Waals surface area contributed by atoms with E-state index in [0.29, 0.717) is 5.56 Å². The summed E-state index contributed by atoms with van der Waals surface area (Å²) in [6.45, 7) is 1.87. The summed E-state index contributed by atoms with van der Waals surface area (Å²) in [5, 5.41) is 8.64. The number of hydrazine groups is 1. The standard InChI is InChI=1S/C15H16BFN4O/c1-11(12-2-4-14(17)5-3-12)19-20-15(22)13-6-8-21(9-7-13)16-10-18/h2-9,11,19H,16H2,1H3,(H,20,22). The molecule has 0 saturated heterocycles. The highest BCUT2D eigenvalue weighted by molar-refractivity contribution is 6.35. The predicted molar refractivity (Wildman–Crippen MR) is 81.6 cm³/mol. The third-order valence-corrected chi connectivity index (χ3v) is 3.37. The molecule has 1 unspecified atom stereocenters. The number of amides is 1. The Labute approximate surface area is 128 Å². The van der Waals surface area contributed by atoms with E-state index in [9.17, 15) is 9.18 Å². The maximum absolute atomic E-state index is 12.9. The van der Waals surface area contributed by atoms with Crippen LogP contribution in [0.1, 0.15) is 28.9 Å². The van der Waals surface area contributed by atoms with Crippen molar-refractivity contribution in [3.8, 4) is 5.97 Å². The second-order valence-electron chi connectivity index (χ2n) is 5.07. The van der Waals surface area contributed by atoms with Gasteiger partial charge in [0.15, 0.2) is 0 Å². The maximum atomic E-state index is 12.9. The van der Waals surface area contributed by atoms with E-state index >= 15 is 0 Å². The van der Waals surface area contributed by atoms with Gasteiger partial charge in [0.25, 0.3) is 5.91 Å². The van der Waals surface area contributed by atoms with Gasteiger partial charge in [-0.05, 0) is 24.6 Å². The lowest BCUT2D eigenvalue weighted by Gasteiger charge is -2.15. The summed E-state index contributed by atoms with van der Waals surface area (Å²) in [7, 11) is -0.840. The molecule has 0 radical (unpaired) electrons. The van der Waals surface area contributed by atoms with Crippen LogP contribution in [0.3, 0.4) is 0 Å². The lowest BCUT2D eigenvalue weighted by molar-refractivity contribution is -0.527. The molecule has 0 aliphatic rings. The van der Waals surface area contributed by atoms with Crippen LogP contribution in [0.25, 0.3) is 0 Å². The minimum atomic E-state index is -0.840. The quantitative estimate of drug-likeness (QED) is 0.625. The molecule has 1 amide bonds. The molecular weight excluding hydrogens is 282 g/mol. The SMILES string of the molecule is CC(NNC(=O)c1cc[n+]([BH2-]C#N)cc1)c1ccc(F)cc1. The van der Waals surface area contributed by atoms with Gasteiger partial charge >= 0.3 is 7.41 Å². The molecule has 2 N–H and O–H groups in total. The van der Waals surface area contributed by atoms with Gasteiger partial charge in [-0.3, -0.25) is 10.2 Å². The first-order chi connectivity index (χ1) is 10.6. The average molecular weight is 298 g/mol. The Bertz CT molecular complexity index is 682. The number of hydrogen-bond acceptors (Lipinski definition) is 3. The summed E-state index contributed by atoms with van der Waals surface area (Å²) in [4.78, 5) is 12.0. The Morgan fingerprint density at radius 2 is 1.91 bits per heavy atom. The summed E-state index contributed by atoms with van der Waals surface area (Å²) in [5.74, 6) is 1.58. The molecule has 2 rings (SSSR count). The number of benzene rings is 1. The number of halogens is 1. The summed E-state index contributed by atoms with van der Waals surface area (Å²) < 4.78 is 14.7. The third kappa shape index (κ3) is 4.14. The van der Waals surface area contributed by atoms with Crippen molar-refractivity contribution in [2.24, 2.45) is 0 Å². The molecule has 0 spiro atoms. The molecule has 5 nitrogen and oxygen atoms in total. The number of nitrogens with zero attached hydrogens (tertiary/aromatic N) is 2. The van der Waals surface area contributed by atoms with E-state index in [2.05, 4.69) is 16.8 Å².